The first-order valence-electron chi connectivity index (χ1n) is 10.1. The lowest BCUT2D eigenvalue weighted by Crippen LogP contribution is -2.30. The standard InChI is InChI=1S/C21H29N5O3/c1-4-26(5-2)10-6-9-22-20(27)17-13-24-21(25-15(17)3)23-12-16-7-8-18-19(11-16)29-14-28-18/h7-8,11,13H,4-6,9-10,12,14H2,1-3H3,(H,22,27)(H,23,24,25). The highest BCUT2D eigenvalue weighted by Crippen LogP contribution is 2.32. The van der Waals surface area contributed by atoms with Crippen molar-refractivity contribution in [1.82, 2.24) is 20.2 Å². The van der Waals surface area contributed by atoms with Gasteiger partial charge in [-0.1, -0.05) is 19.9 Å². The van der Waals surface area contributed by atoms with Crippen molar-refractivity contribution in [3.63, 3.8) is 0 Å². The average molecular weight is 399 g/mol. The Balaban J connectivity index is 1.49. The molecule has 0 unspecified atom stereocenters. The molecule has 2 N–H and O–H groups in total. The SMILES string of the molecule is CCN(CC)CCCNC(=O)c1cnc(NCc2ccc3c(c2)OCO3)nc1C. The Hall–Kier alpha value is -2.87. The summed E-state index contributed by atoms with van der Waals surface area (Å²) in [6.07, 6.45) is 2.49. The van der Waals surface area contributed by atoms with Gasteiger partial charge in [-0.05, 0) is 50.7 Å². The third kappa shape index (κ3) is 5.57. The van der Waals surface area contributed by atoms with Gasteiger partial charge in [-0.25, -0.2) is 9.97 Å². The highest BCUT2D eigenvalue weighted by atomic mass is 16.7. The van der Waals surface area contributed by atoms with Gasteiger partial charge in [-0.15, -0.1) is 0 Å². The number of hydrogen-bond acceptors (Lipinski definition) is 7. The van der Waals surface area contributed by atoms with E-state index in [0.717, 1.165) is 43.1 Å². The second-order valence-electron chi connectivity index (χ2n) is 6.87. The van der Waals surface area contributed by atoms with Crippen LogP contribution in [0.1, 0.15) is 41.9 Å². The van der Waals surface area contributed by atoms with Gasteiger partial charge in [0.1, 0.15) is 0 Å². The van der Waals surface area contributed by atoms with Crippen LogP contribution in [0, 0.1) is 6.92 Å². The molecule has 2 aromatic rings. The maximum atomic E-state index is 12.4. The minimum atomic E-state index is -0.135. The van der Waals surface area contributed by atoms with Crippen LogP contribution in [0.4, 0.5) is 5.95 Å². The number of amides is 1. The number of aryl methyl sites for hydroxylation is 1. The van der Waals surface area contributed by atoms with Gasteiger partial charge in [0, 0.05) is 19.3 Å². The van der Waals surface area contributed by atoms with Gasteiger partial charge < -0.3 is 25.0 Å². The summed E-state index contributed by atoms with van der Waals surface area (Å²) in [5.41, 5.74) is 2.18. The summed E-state index contributed by atoms with van der Waals surface area (Å²) in [5, 5.41) is 6.13. The number of carbonyl (C=O) groups excluding carboxylic acids is 1. The number of rotatable bonds is 10. The smallest absolute Gasteiger partial charge is 0.254 e. The molecule has 0 atom stereocenters. The predicted molar refractivity (Wildman–Crippen MR) is 111 cm³/mol. The Bertz CT molecular complexity index is 839. The molecule has 3 rings (SSSR count). The molecule has 1 aliphatic rings. The summed E-state index contributed by atoms with van der Waals surface area (Å²) in [4.78, 5) is 23.4. The number of anilines is 1. The lowest BCUT2D eigenvalue weighted by molar-refractivity contribution is 0.0950. The van der Waals surface area contributed by atoms with Crippen molar-refractivity contribution < 1.29 is 14.3 Å². The Kier molecular flexibility index (Phi) is 7.24. The zero-order chi connectivity index (χ0) is 20.6. The summed E-state index contributed by atoms with van der Waals surface area (Å²) in [6, 6.07) is 5.79. The van der Waals surface area contributed by atoms with Gasteiger partial charge in [0.25, 0.3) is 5.91 Å². The summed E-state index contributed by atoms with van der Waals surface area (Å²) >= 11 is 0. The van der Waals surface area contributed by atoms with E-state index in [-0.39, 0.29) is 12.7 Å². The first-order valence-corrected chi connectivity index (χ1v) is 10.1. The van der Waals surface area contributed by atoms with Gasteiger partial charge in [0.2, 0.25) is 12.7 Å². The quantitative estimate of drug-likeness (QED) is 0.594. The van der Waals surface area contributed by atoms with Crippen molar-refractivity contribution in [1.29, 1.82) is 0 Å². The molecule has 8 nitrogen and oxygen atoms in total. The number of fused-ring (bicyclic) bond motifs is 1. The molecule has 29 heavy (non-hydrogen) atoms. The van der Waals surface area contributed by atoms with E-state index in [1.807, 2.05) is 25.1 Å². The van der Waals surface area contributed by atoms with E-state index in [1.54, 1.807) is 6.20 Å². The molecule has 156 valence electrons. The van der Waals surface area contributed by atoms with Crippen molar-refractivity contribution in [2.24, 2.45) is 0 Å². The van der Waals surface area contributed by atoms with Crippen LogP contribution in [0.5, 0.6) is 11.5 Å². The van der Waals surface area contributed by atoms with E-state index in [0.29, 0.717) is 30.3 Å². The fraction of sp³-hybridized carbons (Fsp3) is 0.476. The lowest BCUT2D eigenvalue weighted by Gasteiger charge is -2.17. The molecule has 0 spiro atoms. The molecule has 1 amide bonds. The molecule has 0 saturated heterocycles. The molecular formula is C21H29N5O3. The monoisotopic (exact) mass is 399 g/mol. The van der Waals surface area contributed by atoms with Crippen LogP contribution < -0.4 is 20.1 Å². The maximum absolute atomic E-state index is 12.4. The van der Waals surface area contributed by atoms with Crippen molar-refractivity contribution >= 4 is 11.9 Å². The molecule has 0 aliphatic carbocycles. The number of carbonyl (C=O) groups is 1. The van der Waals surface area contributed by atoms with Crippen LogP contribution in [0.3, 0.4) is 0 Å². The number of ether oxygens (including phenoxy) is 2. The molecule has 8 heteroatoms. The van der Waals surface area contributed by atoms with Crippen LogP contribution in [-0.4, -0.2) is 53.7 Å². The third-order valence-corrected chi connectivity index (χ3v) is 4.94. The van der Waals surface area contributed by atoms with E-state index in [1.165, 1.54) is 0 Å². The molecule has 1 aromatic heterocycles. The zero-order valence-electron chi connectivity index (χ0n) is 17.3. The van der Waals surface area contributed by atoms with Crippen molar-refractivity contribution in [3.8, 4) is 11.5 Å². The minimum Gasteiger partial charge on any atom is -0.454 e. The van der Waals surface area contributed by atoms with Crippen molar-refractivity contribution in [3.05, 3.63) is 41.2 Å². The molecule has 1 aromatic carbocycles. The number of nitrogens with one attached hydrogen (secondary N) is 2. The minimum absolute atomic E-state index is 0.135. The summed E-state index contributed by atoms with van der Waals surface area (Å²) in [7, 11) is 0. The van der Waals surface area contributed by atoms with E-state index >= 15 is 0 Å². The molecule has 1 aliphatic heterocycles. The zero-order valence-corrected chi connectivity index (χ0v) is 17.3. The molecule has 0 fully saturated rings. The fourth-order valence-corrected chi connectivity index (χ4v) is 3.15. The first-order chi connectivity index (χ1) is 14.1. The van der Waals surface area contributed by atoms with Gasteiger partial charge >= 0.3 is 0 Å². The summed E-state index contributed by atoms with van der Waals surface area (Å²) in [5.74, 6) is 1.85. The van der Waals surface area contributed by atoms with Gasteiger partial charge in [-0.3, -0.25) is 4.79 Å². The highest BCUT2D eigenvalue weighted by Gasteiger charge is 2.14. The Morgan fingerprint density at radius 1 is 1.21 bits per heavy atom. The van der Waals surface area contributed by atoms with E-state index in [4.69, 9.17) is 9.47 Å². The topological polar surface area (TPSA) is 88.6 Å². The number of nitrogens with zero attached hydrogens (tertiary/aromatic N) is 3. The van der Waals surface area contributed by atoms with Crippen LogP contribution in [0.2, 0.25) is 0 Å². The summed E-state index contributed by atoms with van der Waals surface area (Å²) < 4.78 is 10.7. The van der Waals surface area contributed by atoms with Crippen molar-refractivity contribution in [2.75, 3.05) is 38.3 Å². The predicted octanol–water partition coefficient (Wildman–Crippen LogP) is 2.59. The van der Waals surface area contributed by atoms with E-state index < -0.39 is 0 Å². The van der Waals surface area contributed by atoms with Gasteiger partial charge in [0.15, 0.2) is 11.5 Å². The average Bonchev–Trinajstić information content (AvgIpc) is 3.20. The van der Waals surface area contributed by atoms with Crippen LogP contribution >= 0.6 is 0 Å². The fourth-order valence-electron chi connectivity index (χ4n) is 3.15. The number of benzene rings is 1. The molecular weight excluding hydrogens is 370 g/mol. The van der Waals surface area contributed by atoms with Crippen LogP contribution in [-0.2, 0) is 6.54 Å². The van der Waals surface area contributed by atoms with E-state index in [2.05, 4.69) is 39.3 Å². The van der Waals surface area contributed by atoms with Gasteiger partial charge in [0.05, 0.1) is 11.3 Å². The van der Waals surface area contributed by atoms with E-state index in [9.17, 15) is 4.79 Å². The molecule has 0 bridgehead atoms. The third-order valence-electron chi connectivity index (χ3n) is 4.94. The number of hydrogen-bond donors (Lipinski definition) is 2. The molecule has 0 saturated carbocycles. The van der Waals surface area contributed by atoms with Gasteiger partial charge in [-0.2, -0.15) is 0 Å². The summed E-state index contributed by atoms with van der Waals surface area (Å²) in [6.45, 7) is 10.6. The van der Waals surface area contributed by atoms with Crippen LogP contribution in [0.15, 0.2) is 24.4 Å². The lowest BCUT2D eigenvalue weighted by atomic mass is 10.2. The molecule has 0 radical (unpaired) electrons. The largest absolute Gasteiger partial charge is 0.454 e. The number of aromatic nitrogens is 2. The second-order valence-corrected chi connectivity index (χ2v) is 6.87. The molecule has 2 heterocycles. The second kappa shape index (κ2) is 10.1. The first kappa shape index (κ1) is 20.9. The normalized spacial score (nSPS) is 12.3. The Morgan fingerprint density at radius 3 is 2.76 bits per heavy atom. The Morgan fingerprint density at radius 2 is 2.00 bits per heavy atom. The van der Waals surface area contributed by atoms with Crippen LogP contribution in [0.25, 0.3) is 0 Å². The highest BCUT2D eigenvalue weighted by molar-refractivity contribution is 5.94. The van der Waals surface area contributed by atoms with Crippen molar-refractivity contribution in [2.45, 2.75) is 33.7 Å². The maximum Gasteiger partial charge on any atom is 0.254 e. The Labute approximate surface area is 171 Å².